The fraction of sp³-hybridized carbons (Fsp3) is 0.0893. The monoisotopic (exact) mass is 725 g/mol. The number of hydrogen-bond donors (Lipinski definition) is 0. The fourth-order valence-corrected chi connectivity index (χ4v) is 10.9. The lowest BCUT2D eigenvalue weighted by molar-refractivity contribution is 0.465. The Labute approximate surface area is 333 Å². The van der Waals surface area contributed by atoms with Gasteiger partial charge in [0.15, 0.2) is 0 Å². The highest BCUT2D eigenvalue weighted by molar-refractivity contribution is 6.26. The van der Waals surface area contributed by atoms with Gasteiger partial charge in [-0.15, -0.1) is 5.73 Å². The van der Waals surface area contributed by atoms with Crippen molar-refractivity contribution in [2.45, 2.75) is 23.7 Å². The maximum absolute atomic E-state index is 3.22. The molecule has 0 heterocycles. The fourth-order valence-electron chi connectivity index (χ4n) is 10.9. The van der Waals surface area contributed by atoms with Crippen LogP contribution in [0.1, 0.15) is 46.1 Å². The molecule has 0 N–H and O–H groups in total. The van der Waals surface area contributed by atoms with E-state index in [2.05, 4.69) is 205 Å². The summed E-state index contributed by atoms with van der Waals surface area (Å²) in [5.74, 6) is 0.849. The van der Waals surface area contributed by atoms with Gasteiger partial charge >= 0.3 is 0 Å². The zero-order chi connectivity index (χ0) is 37.5. The summed E-state index contributed by atoms with van der Waals surface area (Å²) in [6.07, 6.45) is 28.0. The summed E-state index contributed by atoms with van der Waals surface area (Å²) < 4.78 is 0. The van der Waals surface area contributed by atoms with Gasteiger partial charge in [-0.05, 0) is 132 Å². The molecule has 0 fully saturated rings. The van der Waals surface area contributed by atoms with Crippen LogP contribution in [0.15, 0.2) is 223 Å². The number of hydrogen-bond acceptors (Lipinski definition) is 1. The molecular weight excluding hydrogens is 687 g/mol. The van der Waals surface area contributed by atoms with Gasteiger partial charge < -0.3 is 4.90 Å². The molecule has 7 aromatic carbocycles. The van der Waals surface area contributed by atoms with Crippen LogP contribution >= 0.6 is 0 Å². The van der Waals surface area contributed by atoms with Crippen LogP contribution in [-0.2, 0) is 5.41 Å². The van der Waals surface area contributed by atoms with Crippen LogP contribution in [0.5, 0.6) is 0 Å². The van der Waals surface area contributed by atoms with Gasteiger partial charge in [0.2, 0.25) is 0 Å². The van der Waals surface area contributed by atoms with Crippen molar-refractivity contribution in [2.75, 3.05) is 4.90 Å². The smallest absolute Gasteiger partial charge is 0.0538 e. The van der Waals surface area contributed by atoms with Crippen molar-refractivity contribution in [1.29, 1.82) is 0 Å². The number of para-hydroxylation sites is 1. The normalized spacial score (nSPS) is 22.1. The molecule has 5 aliphatic rings. The average molecular weight is 726 g/mol. The molecule has 0 bridgehead atoms. The Balaban J connectivity index is 1.03. The number of fused-ring (bicyclic) bond motifs is 16. The SMILES string of the molecule is C1=CC=CC(N(C2=CCC(c3ccc4c(c3)C3(c5ccccc5-c5cc6c7ccccc7c7ccccc7c6cc53)C3C=CC=C[C@H]43)C=C2)c2ccccc2)=CC=1. The van der Waals surface area contributed by atoms with E-state index in [0.717, 1.165) is 17.8 Å². The van der Waals surface area contributed by atoms with E-state index in [1.165, 1.54) is 77.0 Å². The molecule has 1 nitrogen and oxygen atoms in total. The molecule has 57 heavy (non-hydrogen) atoms. The van der Waals surface area contributed by atoms with Crippen molar-refractivity contribution in [3.8, 4) is 11.1 Å². The lowest BCUT2D eigenvalue weighted by Crippen LogP contribution is -2.33. The lowest BCUT2D eigenvalue weighted by atomic mass is 9.65. The zero-order valence-electron chi connectivity index (χ0n) is 31.5. The standard InChI is InChI=1S/C56H39N/c1-2-5-17-39(16-4-1)57(40-18-6-3-7-19-40)41-31-28-37(29-32-41)38-30-33-48-46-24-12-14-26-52(46)56(54(48)34-38)53-27-15-13-25-47(53)51-35-49-44-22-10-8-20-42(44)43-21-9-11-23-45(43)50(49)36-55(51)56/h1,3-28,30-37,46,52H,29H2/t37?,46-,52?,56?/m1/s1. The van der Waals surface area contributed by atoms with Crippen molar-refractivity contribution in [2.24, 2.45) is 5.92 Å². The molecule has 0 saturated carbocycles. The molecule has 4 atom stereocenters. The first-order chi connectivity index (χ1) is 28.3. The van der Waals surface area contributed by atoms with E-state index in [-0.39, 0.29) is 17.3 Å². The summed E-state index contributed by atoms with van der Waals surface area (Å²) in [6, 6.07) is 50.5. The molecule has 268 valence electrons. The number of rotatable bonds is 4. The Morgan fingerprint density at radius 1 is 0.526 bits per heavy atom. The summed E-state index contributed by atoms with van der Waals surface area (Å²) in [5, 5.41) is 7.95. The molecule has 1 heteroatoms. The van der Waals surface area contributed by atoms with E-state index in [0.29, 0.717) is 5.92 Å². The van der Waals surface area contributed by atoms with Gasteiger partial charge in [-0.3, -0.25) is 0 Å². The summed E-state index contributed by atoms with van der Waals surface area (Å²) in [4.78, 5) is 2.35. The van der Waals surface area contributed by atoms with Gasteiger partial charge in [0, 0.05) is 34.8 Å². The van der Waals surface area contributed by atoms with Crippen LogP contribution in [0.3, 0.4) is 0 Å². The molecule has 1 spiro atoms. The Morgan fingerprint density at radius 3 is 2.04 bits per heavy atom. The molecule has 0 radical (unpaired) electrons. The first-order valence-electron chi connectivity index (χ1n) is 20.3. The van der Waals surface area contributed by atoms with Gasteiger partial charge in [0.1, 0.15) is 0 Å². The van der Waals surface area contributed by atoms with Gasteiger partial charge in [-0.1, -0.05) is 152 Å². The van der Waals surface area contributed by atoms with Crippen LogP contribution in [-0.4, -0.2) is 0 Å². The molecule has 0 saturated heterocycles. The molecule has 12 rings (SSSR count). The summed E-state index contributed by atoms with van der Waals surface area (Å²) in [7, 11) is 0. The Bertz CT molecular complexity index is 3100. The van der Waals surface area contributed by atoms with E-state index >= 15 is 0 Å². The third-order valence-corrected chi connectivity index (χ3v) is 13.3. The van der Waals surface area contributed by atoms with Crippen molar-refractivity contribution in [3.63, 3.8) is 0 Å². The third kappa shape index (κ3) is 4.64. The Kier molecular flexibility index (Phi) is 7.12. The highest BCUT2D eigenvalue weighted by Crippen LogP contribution is 2.66. The molecule has 0 aromatic heterocycles. The van der Waals surface area contributed by atoms with Crippen LogP contribution in [0, 0.1) is 5.92 Å². The third-order valence-electron chi connectivity index (χ3n) is 13.3. The Morgan fingerprint density at radius 2 is 1.25 bits per heavy atom. The van der Waals surface area contributed by atoms with Gasteiger partial charge in [-0.25, -0.2) is 0 Å². The van der Waals surface area contributed by atoms with Crippen molar-refractivity contribution in [1.82, 2.24) is 0 Å². The Hall–Kier alpha value is -6.92. The molecule has 7 aromatic rings. The lowest BCUT2D eigenvalue weighted by Gasteiger charge is -2.36. The first-order valence-corrected chi connectivity index (χ1v) is 20.3. The van der Waals surface area contributed by atoms with Crippen LogP contribution in [0.25, 0.3) is 43.4 Å². The minimum absolute atomic E-state index is 0.269. The van der Waals surface area contributed by atoms with E-state index in [1.54, 1.807) is 0 Å². The average Bonchev–Trinajstić information content (AvgIpc) is 3.56. The van der Waals surface area contributed by atoms with Crippen LogP contribution < -0.4 is 4.90 Å². The second-order valence-electron chi connectivity index (χ2n) is 16.0. The highest BCUT2D eigenvalue weighted by atomic mass is 15.2. The van der Waals surface area contributed by atoms with Crippen LogP contribution in [0.4, 0.5) is 5.69 Å². The summed E-state index contributed by atoms with van der Waals surface area (Å²) in [6.45, 7) is 0. The quantitative estimate of drug-likeness (QED) is 0.129. The van der Waals surface area contributed by atoms with Crippen molar-refractivity contribution in [3.05, 3.63) is 251 Å². The van der Waals surface area contributed by atoms with E-state index in [9.17, 15) is 0 Å². The number of allylic oxidation sites excluding steroid dienone is 11. The van der Waals surface area contributed by atoms with E-state index in [4.69, 9.17) is 0 Å². The van der Waals surface area contributed by atoms with Crippen LogP contribution in [0.2, 0.25) is 0 Å². The second kappa shape index (κ2) is 12.6. The summed E-state index contributed by atoms with van der Waals surface area (Å²) in [5.41, 5.74) is 16.3. The summed E-state index contributed by atoms with van der Waals surface area (Å²) >= 11 is 0. The van der Waals surface area contributed by atoms with Crippen molar-refractivity contribution < 1.29 is 0 Å². The predicted molar refractivity (Wildman–Crippen MR) is 239 cm³/mol. The number of nitrogens with zero attached hydrogens (tertiary/aromatic N) is 1. The van der Waals surface area contributed by atoms with E-state index in [1.807, 2.05) is 12.2 Å². The topological polar surface area (TPSA) is 3.24 Å². The predicted octanol–water partition coefficient (Wildman–Crippen LogP) is 13.9. The molecule has 0 aliphatic heterocycles. The number of benzene rings is 7. The van der Waals surface area contributed by atoms with Gasteiger partial charge in [0.05, 0.1) is 5.41 Å². The second-order valence-corrected chi connectivity index (χ2v) is 16.0. The highest BCUT2D eigenvalue weighted by Gasteiger charge is 2.57. The molecule has 3 unspecified atom stereocenters. The van der Waals surface area contributed by atoms with Gasteiger partial charge in [-0.2, -0.15) is 0 Å². The van der Waals surface area contributed by atoms with Crippen molar-refractivity contribution >= 4 is 38.0 Å². The van der Waals surface area contributed by atoms with E-state index < -0.39 is 0 Å². The van der Waals surface area contributed by atoms with Gasteiger partial charge in [0.25, 0.3) is 0 Å². The largest absolute Gasteiger partial charge is 0.311 e. The minimum atomic E-state index is -0.312. The molecule has 0 amide bonds. The maximum atomic E-state index is 3.22. The molecular formula is C56H39N. The molecule has 5 aliphatic carbocycles. The maximum Gasteiger partial charge on any atom is 0.0538 e. The number of anilines is 1. The first kappa shape index (κ1) is 32.3. The minimum Gasteiger partial charge on any atom is -0.311 e. The zero-order valence-corrected chi connectivity index (χ0v) is 31.5.